The van der Waals surface area contributed by atoms with Gasteiger partial charge >= 0.3 is 0 Å². The Hall–Kier alpha value is -2.40. The van der Waals surface area contributed by atoms with Crippen molar-refractivity contribution in [2.75, 3.05) is 20.3 Å². The first kappa shape index (κ1) is 16.5. The van der Waals surface area contributed by atoms with Gasteiger partial charge in [0.05, 0.1) is 6.61 Å². The number of amides is 1. The van der Waals surface area contributed by atoms with Gasteiger partial charge in [-0.05, 0) is 41.0 Å². The summed E-state index contributed by atoms with van der Waals surface area (Å²) in [6.07, 6.45) is 0. The number of rotatable bonds is 7. The summed E-state index contributed by atoms with van der Waals surface area (Å²) >= 11 is 0. The van der Waals surface area contributed by atoms with Gasteiger partial charge in [0.15, 0.2) is 0 Å². The Kier molecular flexibility index (Phi) is 5.11. The van der Waals surface area contributed by atoms with E-state index in [-0.39, 0.29) is 5.91 Å². The molecule has 0 N–H and O–H groups in total. The zero-order chi connectivity index (χ0) is 16.9. The molecule has 1 heterocycles. The van der Waals surface area contributed by atoms with Crippen LogP contribution in [0, 0.1) is 0 Å². The van der Waals surface area contributed by atoms with Gasteiger partial charge < -0.3 is 14.4 Å². The third kappa shape index (κ3) is 3.57. The van der Waals surface area contributed by atoms with Gasteiger partial charge in [0.1, 0.15) is 19.0 Å². The number of nitrogens with zero attached hydrogens (tertiary/aromatic N) is 1. The molecule has 2 aromatic rings. The molecule has 0 saturated carbocycles. The van der Waals surface area contributed by atoms with Gasteiger partial charge in [-0.2, -0.15) is 0 Å². The van der Waals surface area contributed by atoms with Gasteiger partial charge in [-0.1, -0.05) is 18.2 Å². The van der Waals surface area contributed by atoms with E-state index in [9.17, 15) is 9.18 Å². The number of hydrogen-bond acceptors (Lipinski definition) is 3. The second-order valence-electron chi connectivity index (χ2n) is 5.78. The molecule has 24 heavy (non-hydrogen) atoms. The lowest BCUT2D eigenvalue weighted by molar-refractivity contribution is 0.0719. The van der Waals surface area contributed by atoms with E-state index < -0.39 is 6.67 Å². The van der Waals surface area contributed by atoms with Crippen LogP contribution < -0.4 is 4.74 Å². The molecule has 4 nitrogen and oxygen atoms in total. The predicted molar refractivity (Wildman–Crippen MR) is 88.6 cm³/mol. The van der Waals surface area contributed by atoms with Crippen LogP contribution in [0.5, 0.6) is 5.75 Å². The van der Waals surface area contributed by atoms with Gasteiger partial charge in [0.25, 0.3) is 5.91 Å². The van der Waals surface area contributed by atoms with Crippen LogP contribution in [0.15, 0.2) is 42.5 Å². The molecule has 126 valence electrons. The molecule has 0 radical (unpaired) electrons. The third-order valence-corrected chi connectivity index (χ3v) is 4.07. The molecule has 0 aromatic heterocycles. The summed E-state index contributed by atoms with van der Waals surface area (Å²) in [5.41, 5.74) is 3.25. The van der Waals surface area contributed by atoms with Crippen LogP contribution in [0.25, 0.3) is 0 Å². The highest BCUT2D eigenvalue weighted by Gasteiger charge is 2.27. The quantitative estimate of drug-likeness (QED) is 0.782. The molecule has 0 unspecified atom stereocenters. The summed E-state index contributed by atoms with van der Waals surface area (Å²) in [4.78, 5) is 14.0. The summed E-state index contributed by atoms with van der Waals surface area (Å²) in [5.74, 6) is 0.741. The molecule has 0 saturated heterocycles. The summed E-state index contributed by atoms with van der Waals surface area (Å²) in [6, 6.07) is 12.8. The lowest BCUT2D eigenvalue weighted by atomic mass is 10.1. The lowest BCUT2D eigenvalue weighted by Gasteiger charge is -2.14. The van der Waals surface area contributed by atoms with Gasteiger partial charge in [-0.3, -0.25) is 4.79 Å². The first-order valence-corrected chi connectivity index (χ1v) is 7.89. The second kappa shape index (κ2) is 7.45. The van der Waals surface area contributed by atoms with Crippen molar-refractivity contribution in [1.29, 1.82) is 0 Å². The normalized spacial score (nSPS) is 13.2. The maximum atomic E-state index is 12.7. The predicted octanol–water partition coefficient (Wildman–Crippen LogP) is 3.34. The number of hydrogen-bond donors (Lipinski definition) is 0. The largest absolute Gasteiger partial charge is 0.489 e. The molecule has 0 fully saturated rings. The van der Waals surface area contributed by atoms with Crippen LogP contribution in [0.4, 0.5) is 4.39 Å². The molecule has 5 heteroatoms. The van der Waals surface area contributed by atoms with Gasteiger partial charge in [-0.15, -0.1) is 0 Å². The zero-order valence-electron chi connectivity index (χ0n) is 13.6. The number of carbonyl (C=O) groups is 1. The Morgan fingerprint density at radius 1 is 1.17 bits per heavy atom. The van der Waals surface area contributed by atoms with Crippen LogP contribution in [0.2, 0.25) is 0 Å². The molecule has 0 atom stereocenters. The van der Waals surface area contributed by atoms with E-state index in [4.69, 9.17) is 9.47 Å². The molecule has 3 rings (SSSR count). The highest BCUT2D eigenvalue weighted by Crippen LogP contribution is 2.27. The fourth-order valence-electron chi connectivity index (χ4n) is 2.80. The number of benzene rings is 2. The topological polar surface area (TPSA) is 38.8 Å². The first-order valence-electron chi connectivity index (χ1n) is 7.89. The number of methoxy groups -OCH3 is 1. The summed E-state index contributed by atoms with van der Waals surface area (Å²) in [5, 5.41) is 0. The average Bonchev–Trinajstić information content (AvgIpc) is 2.93. The number of ether oxygens (including phenoxy) is 2. The first-order chi connectivity index (χ1) is 11.7. The minimum atomic E-state index is -0.480. The number of alkyl halides is 1. The maximum Gasteiger partial charge on any atom is 0.254 e. The van der Waals surface area contributed by atoms with E-state index in [1.165, 1.54) is 0 Å². The third-order valence-electron chi connectivity index (χ3n) is 4.07. The van der Waals surface area contributed by atoms with Crippen molar-refractivity contribution in [3.63, 3.8) is 0 Å². The molecule has 1 amide bonds. The second-order valence-corrected chi connectivity index (χ2v) is 5.78. The van der Waals surface area contributed by atoms with Crippen LogP contribution in [-0.2, 0) is 24.6 Å². The van der Waals surface area contributed by atoms with Crippen molar-refractivity contribution < 1.29 is 18.7 Å². The fraction of sp³-hybridized carbons (Fsp3) is 0.316. The molecule has 0 bridgehead atoms. The maximum absolute atomic E-state index is 12.7. The Morgan fingerprint density at radius 2 is 2.00 bits per heavy atom. The number of fused-ring (bicyclic) bond motifs is 1. The van der Waals surface area contributed by atoms with E-state index in [0.29, 0.717) is 37.6 Å². The van der Waals surface area contributed by atoms with E-state index >= 15 is 0 Å². The van der Waals surface area contributed by atoms with Crippen molar-refractivity contribution in [2.45, 2.75) is 19.8 Å². The Morgan fingerprint density at radius 3 is 2.79 bits per heavy atom. The standard InChI is InChI=1S/C19H20FNO3/c1-23-8-7-21-12-16-10-17(5-6-18(16)19(21)22)24-13-15-4-2-3-14(9-15)11-20/h2-6,9-10H,7-8,11-13H2,1H3. The molecule has 0 aliphatic carbocycles. The van der Waals surface area contributed by atoms with Gasteiger partial charge in [0.2, 0.25) is 0 Å². The Bertz CT molecular complexity index is 732. The van der Waals surface area contributed by atoms with E-state index in [2.05, 4.69) is 0 Å². The van der Waals surface area contributed by atoms with E-state index in [1.54, 1.807) is 36.3 Å². The van der Waals surface area contributed by atoms with Gasteiger partial charge in [0, 0.05) is 25.8 Å². The Labute approximate surface area is 140 Å². The monoisotopic (exact) mass is 329 g/mol. The molecular weight excluding hydrogens is 309 g/mol. The minimum absolute atomic E-state index is 0.0317. The summed E-state index contributed by atoms with van der Waals surface area (Å²) in [7, 11) is 1.62. The van der Waals surface area contributed by atoms with Crippen LogP contribution in [-0.4, -0.2) is 31.1 Å². The van der Waals surface area contributed by atoms with Crippen molar-refractivity contribution in [2.24, 2.45) is 0 Å². The zero-order valence-corrected chi connectivity index (χ0v) is 13.6. The lowest BCUT2D eigenvalue weighted by Crippen LogP contribution is -2.27. The highest BCUT2D eigenvalue weighted by atomic mass is 19.1. The number of halogens is 1. The smallest absolute Gasteiger partial charge is 0.254 e. The average molecular weight is 329 g/mol. The molecule has 0 spiro atoms. The summed E-state index contributed by atoms with van der Waals surface area (Å²) in [6.45, 7) is 1.57. The van der Waals surface area contributed by atoms with Gasteiger partial charge in [-0.25, -0.2) is 4.39 Å². The SMILES string of the molecule is COCCN1Cc2cc(OCc3cccc(CF)c3)ccc2C1=O. The van der Waals surface area contributed by atoms with Crippen molar-refractivity contribution in [3.05, 3.63) is 64.7 Å². The van der Waals surface area contributed by atoms with Crippen LogP contribution in [0.3, 0.4) is 0 Å². The summed E-state index contributed by atoms with van der Waals surface area (Å²) < 4.78 is 23.5. The molecule has 1 aliphatic rings. The molecular formula is C19H20FNO3. The molecule has 2 aromatic carbocycles. The number of carbonyl (C=O) groups excluding carboxylic acids is 1. The van der Waals surface area contributed by atoms with Crippen molar-refractivity contribution in [3.8, 4) is 5.75 Å². The van der Waals surface area contributed by atoms with E-state index in [0.717, 1.165) is 16.7 Å². The van der Waals surface area contributed by atoms with Crippen LogP contribution >= 0.6 is 0 Å². The van der Waals surface area contributed by atoms with Crippen molar-refractivity contribution >= 4 is 5.91 Å². The fourth-order valence-corrected chi connectivity index (χ4v) is 2.80. The van der Waals surface area contributed by atoms with E-state index in [1.807, 2.05) is 18.2 Å². The minimum Gasteiger partial charge on any atom is -0.489 e. The highest BCUT2D eigenvalue weighted by molar-refractivity contribution is 5.98. The Balaban J connectivity index is 1.66. The van der Waals surface area contributed by atoms with Crippen molar-refractivity contribution in [1.82, 2.24) is 4.90 Å². The molecule has 1 aliphatic heterocycles. The van der Waals surface area contributed by atoms with Crippen LogP contribution in [0.1, 0.15) is 27.0 Å².